The van der Waals surface area contributed by atoms with E-state index in [9.17, 15) is 9.90 Å². The van der Waals surface area contributed by atoms with Gasteiger partial charge in [-0.05, 0) is 12.1 Å². The monoisotopic (exact) mass is 406 g/mol. The fourth-order valence-corrected chi connectivity index (χ4v) is 3.34. The standard InChI is InChI=1S/C19H18N8O3/c1-26-9-11(5-22-26)23-18-16(17(20)29)24-14(6-21-18)10-7-27(8-10)19-25-13-3-2-12(28)4-15(13)30-19/h2-6,9-10,28H,7-8H2,1H3,(H2,20,29)(H,21,23). The molecule has 1 amide bonds. The molecule has 1 fully saturated rings. The summed E-state index contributed by atoms with van der Waals surface area (Å²) in [6.07, 6.45) is 5.01. The molecule has 0 aliphatic carbocycles. The van der Waals surface area contributed by atoms with Crippen molar-refractivity contribution < 1.29 is 14.3 Å². The molecule has 3 aromatic heterocycles. The van der Waals surface area contributed by atoms with Gasteiger partial charge in [-0.1, -0.05) is 0 Å². The molecule has 11 nitrogen and oxygen atoms in total. The second-order valence-electron chi connectivity index (χ2n) is 7.13. The summed E-state index contributed by atoms with van der Waals surface area (Å²) in [5, 5.41) is 16.6. The van der Waals surface area contributed by atoms with Crippen molar-refractivity contribution in [2.75, 3.05) is 23.3 Å². The molecule has 152 valence electrons. The Bertz CT molecular complexity index is 1260. The van der Waals surface area contributed by atoms with E-state index in [2.05, 4.69) is 25.4 Å². The lowest BCUT2D eigenvalue weighted by molar-refractivity contribution is 0.0995. The average molecular weight is 406 g/mol. The van der Waals surface area contributed by atoms with Gasteiger partial charge in [0.15, 0.2) is 17.1 Å². The minimum Gasteiger partial charge on any atom is -0.508 e. The van der Waals surface area contributed by atoms with Gasteiger partial charge >= 0.3 is 0 Å². The highest BCUT2D eigenvalue weighted by Gasteiger charge is 2.33. The zero-order chi connectivity index (χ0) is 20.8. The molecular weight excluding hydrogens is 388 g/mol. The molecule has 5 rings (SSSR count). The fraction of sp³-hybridized carbons (Fsp3) is 0.211. The van der Waals surface area contributed by atoms with Crippen molar-refractivity contribution in [1.82, 2.24) is 24.7 Å². The minimum atomic E-state index is -0.661. The number of fused-ring (bicyclic) bond motifs is 1. The number of hydrogen-bond acceptors (Lipinski definition) is 9. The SMILES string of the molecule is Cn1cc(Nc2ncc(C3CN(c4nc5ccc(O)cc5o4)C3)nc2C(N)=O)cn1. The predicted octanol–water partition coefficient (Wildman–Crippen LogP) is 1.50. The number of aromatic hydroxyl groups is 1. The van der Waals surface area contributed by atoms with Gasteiger partial charge in [0.05, 0.1) is 23.8 Å². The van der Waals surface area contributed by atoms with E-state index in [1.165, 1.54) is 6.07 Å². The zero-order valence-corrected chi connectivity index (χ0v) is 16.0. The third-order valence-electron chi connectivity index (χ3n) is 4.92. The van der Waals surface area contributed by atoms with Crippen molar-refractivity contribution in [2.45, 2.75) is 5.92 Å². The molecular formula is C19H18N8O3. The first-order chi connectivity index (χ1) is 14.5. The number of nitrogens with one attached hydrogen (secondary N) is 1. The number of anilines is 3. The molecule has 0 radical (unpaired) electrons. The van der Waals surface area contributed by atoms with Crippen LogP contribution in [0.4, 0.5) is 17.5 Å². The molecule has 0 spiro atoms. The first kappa shape index (κ1) is 17.9. The molecule has 4 heterocycles. The molecule has 1 aliphatic rings. The summed E-state index contributed by atoms with van der Waals surface area (Å²) in [6.45, 7) is 1.22. The molecule has 0 saturated carbocycles. The maximum atomic E-state index is 11.9. The van der Waals surface area contributed by atoms with Crippen molar-refractivity contribution in [2.24, 2.45) is 12.8 Å². The number of hydrogen-bond donors (Lipinski definition) is 3. The van der Waals surface area contributed by atoms with E-state index in [0.29, 0.717) is 41.6 Å². The van der Waals surface area contributed by atoms with Gasteiger partial charge in [0.2, 0.25) is 0 Å². The third-order valence-corrected chi connectivity index (χ3v) is 4.92. The summed E-state index contributed by atoms with van der Waals surface area (Å²) in [7, 11) is 1.79. The number of phenolic OH excluding ortho intramolecular Hbond substituents is 1. The van der Waals surface area contributed by atoms with Crippen LogP contribution < -0.4 is 16.0 Å². The Kier molecular flexibility index (Phi) is 4.02. The number of nitrogens with two attached hydrogens (primary N) is 1. The van der Waals surface area contributed by atoms with Crippen LogP contribution in [0.5, 0.6) is 5.75 Å². The summed E-state index contributed by atoms with van der Waals surface area (Å²) in [5.74, 6) is -0.188. The molecule has 0 bridgehead atoms. The topological polar surface area (TPSA) is 148 Å². The quantitative estimate of drug-likeness (QED) is 0.448. The highest BCUT2D eigenvalue weighted by Crippen LogP contribution is 2.33. The van der Waals surface area contributed by atoms with Gasteiger partial charge in [0.1, 0.15) is 11.3 Å². The molecule has 1 aromatic carbocycles. The largest absolute Gasteiger partial charge is 0.508 e. The Hall–Kier alpha value is -4.15. The number of phenols is 1. The fourth-order valence-electron chi connectivity index (χ4n) is 3.34. The van der Waals surface area contributed by atoms with Crippen LogP contribution in [0.2, 0.25) is 0 Å². The van der Waals surface area contributed by atoms with E-state index in [4.69, 9.17) is 10.2 Å². The number of aryl methyl sites for hydroxylation is 1. The number of primary amides is 1. The maximum Gasteiger partial charge on any atom is 0.298 e. The molecule has 0 atom stereocenters. The van der Waals surface area contributed by atoms with Gasteiger partial charge in [0.25, 0.3) is 11.9 Å². The van der Waals surface area contributed by atoms with Crippen LogP contribution in [0, 0.1) is 0 Å². The van der Waals surface area contributed by atoms with Crippen LogP contribution in [0.15, 0.2) is 41.2 Å². The lowest BCUT2D eigenvalue weighted by atomic mass is 9.97. The van der Waals surface area contributed by atoms with E-state index in [1.807, 2.05) is 4.90 Å². The van der Waals surface area contributed by atoms with Crippen molar-refractivity contribution in [3.63, 3.8) is 0 Å². The average Bonchev–Trinajstić information content (AvgIpc) is 3.26. The molecule has 4 N–H and O–H groups in total. The second-order valence-corrected chi connectivity index (χ2v) is 7.13. The number of oxazole rings is 1. The minimum absolute atomic E-state index is 0.0615. The van der Waals surface area contributed by atoms with Crippen LogP contribution >= 0.6 is 0 Å². The Labute approximate surface area is 170 Å². The number of carbonyl (C=O) groups excluding carboxylic acids is 1. The molecule has 30 heavy (non-hydrogen) atoms. The highest BCUT2D eigenvalue weighted by atomic mass is 16.4. The van der Waals surface area contributed by atoms with Gasteiger partial charge in [0, 0.05) is 38.3 Å². The zero-order valence-electron chi connectivity index (χ0n) is 16.0. The number of amides is 1. The normalized spacial score (nSPS) is 14.1. The smallest absolute Gasteiger partial charge is 0.298 e. The lowest BCUT2D eigenvalue weighted by Gasteiger charge is -2.37. The first-order valence-corrected chi connectivity index (χ1v) is 9.23. The third kappa shape index (κ3) is 3.15. The van der Waals surface area contributed by atoms with Crippen LogP contribution in [0.3, 0.4) is 0 Å². The van der Waals surface area contributed by atoms with Crippen LogP contribution in [0.25, 0.3) is 11.1 Å². The number of rotatable bonds is 5. The van der Waals surface area contributed by atoms with Crippen molar-refractivity contribution >= 4 is 34.5 Å². The molecule has 1 aliphatic heterocycles. The number of aromatic nitrogens is 5. The molecule has 4 aromatic rings. The maximum absolute atomic E-state index is 11.9. The second kappa shape index (κ2) is 6.72. The van der Waals surface area contributed by atoms with Crippen molar-refractivity contribution in [3.8, 4) is 5.75 Å². The van der Waals surface area contributed by atoms with E-state index in [1.54, 1.807) is 42.5 Å². The van der Waals surface area contributed by atoms with Gasteiger partial charge in [-0.15, -0.1) is 0 Å². The van der Waals surface area contributed by atoms with Gasteiger partial charge in [-0.25, -0.2) is 9.97 Å². The van der Waals surface area contributed by atoms with Crippen molar-refractivity contribution in [3.05, 3.63) is 48.2 Å². The predicted molar refractivity (Wildman–Crippen MR) is 108 cm³/mol. The van der Waals surface area contributed by atoms with E-state index >= 15 is 0 Å². The Morgan fingerprint density at radius 1 is 1.30 bits per heavy atom. The first-order valence-electron chi connectivity index (χ1n) is 9.23. The number of nitrogens with zero attached hydrogens (tertiary/aromatic N) is 6. The summed E-state index contributed by atoms with van der Waals surface area (Å²) in [6, 6.07) is 5.27. The van der Waals surface area contributed by atoms with Crippen molar-refractivity contribution in [1.29, 1.82) is 0 Å². The molecule has 11 heteroatoms. The van der Waals surface area contributed by atoms with E-state index in [-0.39, 0.29) is 23.2 Å². The van der Waals surface area contributed by atoms with Gasteiger partial charge in [-0.2, -0.15) is 10.1 Å². The Morgan fingerprint density at radius 3 is 2.87 bits per heavy atom. The Balaban J connectivity index is 1.33. The van der Waals surface area contributed by atoms with Gasteiger partial charge < -0.3 is 25.5 Å². The number of benzene rings is 1. The summed E-state index contributed by atoms with van der Waals surface area (Å²) >= 11 is 0. The molecule has 1 saturated heterocycles. The lowest BCUT2D eigenvalue weighted by Crippen LogP contribution is -2.45. The van der Waals surface area contributed by atoms with Gasteiger partial charge in [-0.3, -0.25) is 9.48 Å². The van der Waals surface area contributed by atoms with Crippen LogP contribution in [0.1, 0.15) is 22.1 Å². The Morgan fingerprint density at radius 2 is 2.13 bits per heavy atom. The van der Waals surface area contributed by atoms with Crippen LogP contribution in [-0.2, 0) is 7.05 Å². The summed E-state index contributed by atoms with van der Waals surface area (Å²) in [5.41, 5.74) is 8.14. The highest BCUT2D eigenvalue weighted by molar-refractivity contribution is 5.96. The molecule has 0 unspecified atom stereocenters. The summed E-state index contributed by atoms with van der Waals surface area (Å²) in [4.78, 5) is 27.1. The number of carbonyl (C=O) groups is 1. The van der Waals surface area contributed by atoms with Crippen LogP contribution in [-0.4, -0.2) is 48.8 Å². The van der Waals surface area contributed by atoms with E-state index < -0.39 is 5.91 Å². The summed E-state index contributed by atoms with van der Waals surface area (Å²) < 4.78 is 7.34. The van der Waals surface area contributed by atoms with E-state index in [0.717, 1.165) is 0 Å².